The summed E-state index contributed by atoms with van der Waals surface area (Å²) in [5.74, 6) is 1.98. The van der Waals surface area contributed by atoms with Crippen molar-refractivity contribution in [2.24, 2.45) is 0 Å². The van der Waals surface area contributed by atoms with Crippen molar-refractivity contribution >= 4 is 45.0 Å². The minimum atomic E-state index is -3.42. The molecule has 2 rings (SSSR count). The lowest BCUT2D eigenvalue weighted by molar-refractivity contribution is 0.0956. The number of halogens is 1. The first-order valence-corrected chi connectivity index (χ1v) is 10.4. The van der Waals surface area contributed by atoms with E-state index in [0.717, 1.165) is 17.8 Å². The summed E-state index contributed by atoms with van der Waals surface area (Å²) in [5, 5.41) is 3.02. The molecule has 1 aromatic heterocycles. The first-order chi connectivity index (χ1) is 11.3. The number of carbonyl (C=O) groups is 1. The molecule has 24 heavy (non-hydrogen) atoms. The van der Waals surface area contributed by atoms with Crippen molar-refractivity contribution in [3.63, 3.8) is 0 Å². The Hall–Kier alpha value is -1.64. The summed E-state index contributed by atoms with van der Waals surface area (Å²) in [6, 6.07) is 8.12. The molecule has 0 bridgehead atoms. The molecule has 0 radical (unpaired) electrons. The summed E-state index contributed by atoms with van der Waals surface area (Å²) in [6.45, 7) is 0.463. The number of carbonyl (C=O) groups excluding carboxylic acids is 1. The number of benzene rings is 1. The highest BCUT2D eigenvalue weighted by molar-refractivity contribution is 7.98. The number of hydrogen-bond acceptors (Lipinski definition) is 5. The third-order valence-electron chi connectivity index (χ3n) is 2.87. The molecule has 2 aromatic rings. The van der Waals surface area contributed by atoms with E-state index in [1.807, 2.05) is 12.1 Å². The van der Waals surface area contributed by atoms with Crippen LogP contribution in [0.25, 0.3) is 0 Å². The fourth-order valence-corrected chi connectivity index (χ4v) is 3.39. The Labute approximate surface area is 150 Å². The van der Waals surface area contributed by atoms with Crippen molar-refractivity contribution in [3.05, 3.63) is 52.9 Å². The van der Waals surface area contributed by atoms with Crippen LogP contribution in [0.15, 0.2) is 41.0 Å². The minimum Gasteiger partial charge on any atom is -0.468 e. The van der Waals surface area contributed by atoms with E-state index in [1.54, 1.807) is 18.0 Å². The van der Waals surface area contributed by atoms with Gasteiger partial charge in [0.2, 0.25) is 10.0 Å². The second-order valence-electron chi connectivity index (χ2n) is 4.96. The van der Waals surface area contributed by atoms with E-state index in [-0.39, 0.29) is 16.5 Å². The summed E-state index contributed by atoms with van der Waals surface area (Å²) in [4.78, 5) is 12.2. The highest BCUT2D eigenvalue weighted by Gasteiger charge is 2.12. The van der Waals surface area contributed by atoms with Crippen LogP contribution in [0.4, 0.5) is 5.69 Å². The predicted octanol–water partition coefficient (Wildman–Crippen LogP) is 2.97. The molecule has 130 valence electrons. The largest absolute Gasteiger partial charge is 0.468 e. The molecule has 1 heterocycles. The molecule has 0 aliphatic heterocycles. The molecule has 9 heteroatoms. The molecule has 0 saturated carbocycles. The van der Waals surface area contributed by atoms with Crippen molar-refractivity contribution in [2.75, 3.05) is 23.3 Å². The van der Waals surface area contributed by atoms with Gasteiger partial charge in [-0.25, -0.2) is 8.42 Å². The van der Waals surface area contributed by atoms with Gasteiger partial charge < -0.3 is 9.73 Å². The Bertz CT molecular complexity index is 792. The lowest BCUT2D eigenvalue weighted by atomic mass is 10.2. The summed E-state index contributed by atoms with van der Waals surface area (Å²) in [6.07, 6.45) is 2.66. The molecule has 0 atom stereocenters. The lowest BCUT2D eigenvalue weighted by Crippen LogP contribution is -2.26. The van der Waals surface area contributed by atoms with E-state index in [2.05, 4.69) is 10.0 Å². The van der Waals surface area contributed by atoms with Gasteiger partial charge in [0.1, 0.15) is 5.76 Å². The molecule has 0 aliphatic rings. The van der Waals surface area contributed by atoms with Gasteiger partial charge in [-0.2, -0.15) is 11.8 Å². The second-order valence-corrected chi connectivity index (χ2v) is 8.22. The molecular formula is C15H17ClN2O4S2. The summed E-state index contributed by atoms with van der Waals surface area (Å²) in [7, 11) is -3.42. The van der Waals surface area contributed by atoms with Crippen LogP contribution in [0, 0.1) is 0 Å². The smallest absolute Gasteiger partial charge is 0.252 e. The average Bonchev–Trinajstić information content (AvgIpc) is 3.00. The van der Waals surface area contributed by atoms with Crippen LogP contribution in [0.1, 0.15) is 16.1 Å². The predicted molar refractivity (Wildman–Crippen MR) is 97.1 cm³/mol. The molecular weight excluding hydrogens is 372 g/mol. The minimum absolute atomic E-state index is 0.223. The maximum atomic E-state index is 12.2. The van der Waals surface area contributed by atoms with E-state index < -0.39 is 10.0 Å². The number of hydrogen-bond donors (Lipinski definition) is 2. The number of sulfonamides is 1. The number of rotatable bonds is 8. The number of anilines is 1. The fourth-order valence-electron chi connectivity index (χ4n) is 1.88. The Morgan fingerprint density at radius 1 is 1.33 bits per heavy atom. The number of amides is 1. The van der Waals surface area contributed by atoms with Crippen LogP contribution in [0.3, 0.4) is 0 Å². The quantitative estimate of drug-likeness (QED) is 0.679. The van der Waals surface area contributed by atoms with E-state index in [1.165, 1.54) is 18.2 Å². The van der Waals surface area contributed by atoms with Crippen LogP contribution in [0.2, 0.25) is 5.02 Å². The fraction of sp³-hybridized carbons (Fsp3) is 0.267. The van der Waals surface area contributed by atoms with Gasteiger partial charge in [0.25, 0.3) is 5.91 Å². The summed E-state index contributed by atoms with van der Waals surface area (Å²) >= 11 is 7.64. The molecule has 0 saturated heterocycles. The van der Waals surface area contributed by atoms with Crippen molar-refractivity contribution in [1.29, 1.82) is 0 Å². The third-order valence-corrected chi connectivity index (χ3v) is 4.79. The van der Waals surface area contributed by atoms with Crippen LogP contribution < -0.4 is 10.0 Å². The standard InChI is InChI=1S/C15H17ClN2O4S2/c1-24(20,21)18-11-4-5-14(16)13(9-11)15(19)17-6-8-23-10-12-3-2-7-22-12/h2-5,7,9,18H,6,8,10H2,1H3,(H,17,19). The summed E-state index contributed by atoms with van der Waals surface area (Å²) < 4.78 is 30.0. The normalized spacial score (nSPS) is 11.2. The van der Waals surface area contributed by atoms with Crippen LogP contribution in [-0.4, -0.2) is 32.9 Å². The monoisotopic (exact) mass is 388 g/mol. The molecule has 6 nitrogen and oxygen atoms in total. The zero-order valence-electron chi connectivity index (χ0n) is 12.9. The molecule has 0 spiro atoms. The zero-order valence-corrected chi connectivity index (χ0v) is 15.3. The Balaban J connectivity index is 1.85. The van der Waals surface area contributed by atoms with Gasteiger partial charge in [-0.3, -0.25) is 9.52 Å². The van der Waals surface area contributed by atoms with Crippen molar-refractivity contribution in [1.82, 2.24) is 5.32 Å². The van der Waals surface area contributed by atoms with Crippen molar-refractivity contribution < 1.29 is 17.6 Å². The van der Waals surface area contributed by atoms with E-state index in [4.69, 9.17) is 16.0 Å². The van der Waals surface area contributed by atoms with Crippen LogP contribution in [0.5, 0.6) is 0 Å². The van der Waals surface area contributed by atoms with Gasteiger partial charge in [-0.15, -0.1) is 0 Å². The SMILES string of the molecule is CS(=O)(=O)Nc1ccc(Cl)c(C(=O)NCCSCc2ccco2)c1. The Kier molecular flexibility index (Phi) is 6.59. The van der Waals surface area contributed by atoms with Crippen molar-refractivity contribution in [2.45, 2.75) is 5.75 Å². The molecule has 1 aromatic carbocycles. The van der Waals surface area contributed by atoms with E-state index in [9.17, 15) is 13.2 Å². The lowest BCUT2D eigenvalue weighted by Gasteiger charge is -2.09. The topological polar surface area (TPSA) is 88.4 Å². The number of furan rings is 1. The van der Waals surface area contributed by atoms with Gasteiger partial charge in [0, 0.05) is 18.0 Å². The highest BCUT2D eigenvalue weighted by atomic mass is 35.5. The van der Waals surface area contributed by atoms with E-state index >= 15 is 0 Å². The van der Waals surface area contributed by atoms with Crippen molar-refractivity contribution in [3.8, 4) is 0 Å². The Morgan fingerprint density at radius 3 is 2.79 bits per heavy atom. The maximum absolute atomic E-state index is 12.2. The van der Waals surface area contributed by atoms with Gasteiger partial charge in [-0.05, 0) is 30.3 Å². The number of nitrogens with one attached hydrogen (secondary N) is 2. The first kappa shape index (κ1) is 18.7. The molecule has 0 fully saturated rings. The van der Waals surface area contributed by atoms with Gasteiger partial charge in [0.05, 0.1) is 28.9 Å². The highest BCUT2D eigenvalue weighted by Crippen LogP contribution is 2.21. The van der Waals surface area contributed by atoms with Gasteiger partial charge >= 0.3 is 0 Å². The molecule has 1 amide bonds. The average molecular weight is 389 g/mol. The molecule has 0 unspecified atom stereocenters. The Morgan fingerprint density at radius 2 is 2.12 bits per heavy atom. The van der Waals surface area contributed by atoms with Crippen LogP contribution in [-0.2, 0) is 15.8 Å². The summed E-state index contributed by atoms with van der Waals surface area (Å²) in [5.41, 5.74) is 0.514. The molecule has 2 N–H and O–H groups in total. The van der Waals surface area contributed by atoms with Gasteiger partial charge in [-0.1, -0.05) is 11.6 Å². The van der Waals surface area contributed by atoms with Crippen LogP contribution >= 0.6 is 23.4 Å². The number of thioether (sulfide) groups is 1. The maximum Gasteiger partial charge on any atom is 0.252 e. The van der Waals surface area contributed by atoms with Gasteiger partial charge in [0.15, 0.2) is 0 Å². The van der Waals surface area contributed by atoms with E-state index in [0.29, 0.717) is 18.0 Å². The second kappa shape index (κ2) is 8.46. The first-order valence-electron chi connectivity index (χ1n) is 7.01. The third kappa shape index (κ3) is 6.10. The molecule has 0 aliphatic carbocycles. The zero-order chi connectivity index (χ0) is 17.6.